The minimum Gasteiger partial charge on any atom is -0.481 e. The van der Waals surface area contributed by atoms with Crippen molar-refractivity contribution in [1.82, 2.24) is 0 Å². The smallest absolute Gasteiger partial charge is 0.307 e. The van der Waals surface area contributed by atoms with Crippen molar-refractivity contribution in [3.63, 3.8) is 0 Å². The van der Waals surface area contributed by atoms with E-state index in [-0.39, 0.29) is 6.42 Å². The van der Waals surface area contributed by atoms with Crippen molar-refractivity contribution in [3.05, 3.63) is 51.2 Å². The van der Waals surface area contributed by atoms with Crippen LogP contribution < -0.4 is 0 Å². The molecule has 6 heteroatoms. The molecule has 0 fully saturated rings. The van der Waals surface area contributed by atoms with Gasteiger partial charge < -0.3 is 5.11 Å². The maximum absolute atomic E-state index is 12.1. The average molecular weight is 315 g/mol. The van der Waals surface area contributed by atoms with Gasteiger partial charge in [-0.2, -0.15) is 0 Å². The Morgan fingerprint density at radius 1 is 1.21 bits per heavy atom. The molecule has 0 radical (unpaired) electrons. The Morgan fingerprint density at radius 2 is 1.89 bits per heavy atom. The number of thiophene rings is 1. The summed E-state index contributed by atoms with van der Waals surface area (Å²) in [6, 6.07) is 10.5. The molecule has 2 rings (SSSR count). The van der Waals surface area contributed by atoms with E-state index in [0.29, 0.717) is 20.5 Å². The number of hydrogen-bond acceptors (Lipinski definition) is 3. The summed E-state index contributed by atoms with van der Waals surface area (Å²) in [6.45, 7) is 0. The van der Waals surface area contributed by atoms with E-state index >= 15 is 0 Å². The maximum Gasteiger partial charge on any atom is 0.307 e. The summed E-state index contributed by atoms with van der Waals surface area (Å²) in [5.41, 5.74) is 0.701. The number of carbonyl (C=O) groups is 1. The van der Waals surface area contributed by atoms with Crippen LogP contribution in [-0.2, 0) is 27.8 Å². The van der Waals surface area contributed by atoms with E-state index in [4.69, 9.17) is 16.7 Å². The molecule has 1 atom stereocenters. The van der Waals surface area contributed by atoms with Crippen LogP contribution in [0.2, 0.25) is 4.34 Å². The van der Waals surface area contributed by atoms with Crippen molar-refractivity contribution in [1.29, 1.82) is 0 Å². The number of rotatable bonds is 5. The highest BCUT2D eigenvalue weighted by Crippen LogP contribution is 2.24. The number of hydrogen-bond donors (Lipinski definition) is 1. The topological polar surface area (TPSA) is 54.4 Å². The standard InChI is InChI=1S/C13H11ClO3S2/c14-12-6-3-10(18-12)8-19(17)11-4-1-9(2-5-11)7-13(15)16/h1-6H,7-8H2,(H,15,16). The Morgan fingerprint density at radius 3 is 2.42 bits per heavy atom. The molecular weight excluding hydrogens is 304 g/mol. The molecular formula is C13H11ClO3S2. The normalized spacial score (nSPS) is 12.3. The maximum atomic E-state index is 12.1. The van der Waals surface area contributed by atoms with Crippen LogP contribution in [0.15, 0.2) is 41.3 Å². The summed E-state index contributed by atoms with van der Waals surface area (Å²) >= 11 is 7.24. The molecule has 100 valence electrons. The van der Waals surface area contributed by atoms with Gasteiger partial charge in [-0.05, 0) is 29.8 Å². The van der Waals surface area contributed by atoms with Crippen LogP contribution in [0.1, 0.15) is 10.4 Å². The molecule has 0 aliphatic heterocycles. The van der Waals surface area contributed by atoms with E-state index in [1.165, 1.54) is 11.3 Å². The van der Waals surface area contributed by atoms with Gasteiger partial charge in [0.2, 0.25) is 0 Å². The highest BCUT2D eigenvalue weighted by molar-refractivity contribution is 7.84. The second kappa shape index (κ2) is 6.32. The van der Waals surface area contributed by atoms with E-state index in [0.717, 1.165) is 4.88 Å². The summed E-state index contributed by atoms with van der Waals surface area (Å²) < 4.78 is 12.8. The summed E-state index contributed by atoms with van der Waals surface area (Å²) in [5, 5.41) is 8.67. The van der Waals surface area contributed by atoms with Crippen LogP contribution in [0.25, 0.3) is 0 Å². The third-order valence-corrected chi connectivity index (χ3v) is 5.23. The van der Waals surface area contributed by atoms with Gasteiger partial charge in [0, 0.05) is 9.77 Å². The molecule has 3 nitrogen and oxygen atoms in total. The number of carboxylic acid groups (broad SMARTS) is 1. The largest absolute Gasteiger partial charge is 0.481 e. The third-order valence-electron chi connectivity index (χ3n) is 2.44. The minimum atomic E-state index is -1.14. The van der Waals surface area contributed by atoms with Crippen molar-refractivity contribution in [2.45, 2.75) is 17.1 Å². The number of carboxylic acids is 1. The molecule has 2 aromatic rings. The highest BCUT2D eigenvalue weighted by atomic mass is 35.5. The van der Waals surface area contributed by atoms with Gasteiger partial charge >= 0.3 is 5.97 Å². The molecule has 0 aliphatic carbocycles. The number of aliphatic carboxylic acids is 1. The van der Waals surface area contributed by atoms with Crippen LogP contribution in [0, 0.1) is 0 Å². The molecule has 1 aromatic heterocycles. The Kier molecular flexibility index (Phi) is 4.74. The zero-order valence-electron chi connectivity index (χ0n) is 9.84. The molecule has 0 spiro atoms. The highest BCUT2D eigenvalue weighted by Gasteiger charge is 2.08. The lowest BCUT2D eigenvalue weighted by molar-refractivity contribution is -0.136. The van der Waals surface area contributed by atoms with Crippen LogP contribution in [0.4, 0.5) is 0 Å². The Hall–Kier alpha value is -1.17. The lowest BCUT2D eigenvalue weighted by atomic mass is 10.2. The zero-order chi connectivity index (χ0) is 13.8. The van der Waals surface area contributed by atoms with Gasteiger partial charge in [0.15, 0.2) is 0 Å². The molecule has 0 aliphatic rings. The van der Waals surface area contributed by atoms with Gasteiger partial charge in [-0.15, -0.1) is 11.3 Å². The number of halogens is 1. The van der Waals surface area contributed by atoms with Gasteiger partial charge in [-0.3, -0.25) is 9.00 Å². The fourth-order valence-corrected chi connectivity index (χ4v) is 3.98. The summed E-state index contributed by atoms with van der Waals surface area (Å²) in [6.07, 6.45) is -0.0204. The molecule has 1 heterocycles. The lowest BCUT2D eigenvalue weighted by Gasteiger charge is -2.02. The SMILES string of the molecule is O=C(O)Cc1ccc(S(=O)Cc2ccc(Cl)s2)cc1. The predicted octanol–water partition coefficient (Wildman–Crippen LogP) is 3.34. The fourth-order valence-electron chi connectivity index (χ4n) is 1.58. The lowest BCUT2D eigenvalue weighted by Crippen LogP contribution is -2.00. The molecule has 1 unspecified atom stereocenters. The summed E-state index contributed by atoms with van der Waals surface area (Å²) in [7, 11) is -1.14. The van der Waals surface area contributed by atoms with E-state index in [2.05, 4.69) is 0 Å². The first-order valence-corrected chi connectivity index (χ1v) is 7.99. The average Bonchev–Trinajstić information content (AvgIpc) is 2.75. The Bertz CT molecular complexity index is 605. The summed E-state index contributed by atoms with van der Waals surface area (Å²) in [4.78, 5) is 12.2. The first-order valence-electron chi connectivity index (χ1n) is 5.48. The quantitative estimate of drug-likeness (QED) is 0.921. The molecule has 0 saturated carbocycles. The van der Waals surface area contributed by atoms with E-state index in [1.807, 2.05) is 6.07 Å². The first-order chi connectivity index (χ1) is 9.04. The second-order valence-electron chi connectivity index (χ2n) is 3.91. The third kappa shape index (κ3) is 4.16. The van der Waals surface area contributed by atoms with Crippen molar-refractivity contribution in [3.8, 4) is 0 Å². The molecule has 1 N–H and O–H groups in total. The van der Waals surface area contributed by atoms with E-state index < -0.39 is 16.8 Å². The van der Waals surface area contributed by atoms with Gasteiger partial charge in [0.25, 0.3) is 0 Å². The van der Waals surface area contributed by atoms with Crippen molar-refractivity contribution in [2.75, 3.05) is 0 Å². The van der Waals surface area contributed by atoms with Crippen molar-refractivity contribution < 1.29 is 14.1 Å². The molecule has 0 saturated heterocycles. The molecule has 0 amide bonds. The molecule has 0 bridgehead atoms. The zero-order valence-corrected chi connectivity index (χ0v) is 12.2. The van der Waals surface area contributed by atoms with Gasteiger partial charge in [0.1, 0.15) is 0 Å². The van der Waals surface area contributed by atoms with Crippen LogP contribution in [0.3, 0.4) is 0 Å². The van der Waals surface area contributed by atoms with E-state index in [9.17, 15) is 9.00 Å². The number of benzene rings is 1. The Balaban J connectivity index is 2.05. The van der Waals surface area contributed by atoms with Gasteiger partial charge in [-0.1, -0.05) is 23.7 Å². The van der Waals surface area contributed by atoms with Gasteiger partial charge in [0.05, 0.1) is 27.3 Å². The molecule has 1 aromatic carbocycles. The predicted molar refractivity (Wildman–Crippen MR) is 77.2 cm³/mol. The summed E-state index contributed by atoms with van der Waals surface area (Å²) in [5.74, 6) is -0.447. The molecule has 19 heavy (non-hydrogen) atoms. The van der Waals surface area contributed by atoms with Crippen LogP contribution >= 0.6 is 22.9 Å². The second-order valence-corrected chi connectivity index (χ2v) is 7.16. The Labute approximate surface area is 122 Å². The van der Waals surface area contributed by atoms with Gasteiger partial charge in [-0.25, -0.2) is 0 Å². The minimum absolute atomic E-state index is 0.0204. The van der Waals surface area contributed by atoms with Crippen molar-refractivity contribution in [2.24, 2.45) is 0 Å². The fraction of sp³-hybridized carbons (Fsp3) is 0.154. The monoisotopic (exact) mass is 314 g/mol. The van der Waals surface area contributed by atoms with Crippen molar-refractivity contribution >= 4 is 39.7 Å². The van der Waals surface area contributed by atoms with Crippen LogP contribution in [-0.4, -0.2) is 15.3 Å². The van der Waals surface area contributed by atoms with Crippen LogP contribution in [0.5, 0.6) is 0 Å². The van der Waals surface area contributed by atoms with E-state index in [1.54, 1.807) is 30.3 Å². The first kappa shape index (κ1) is 14.2.